The molecule has 0 aliphatic rings. The van der Waals surface area contributed by atoms with E-state index in [4.69, 9.17) is 19.7 Å². The van der Waals surface area contributed by atoms with Crippen LogP contribution in [0, 0.1) is 0 Å². The topological polar surface area (TPSA) is 99.4 Å². The van der Waals surface area contributed by atoms with Gasteiger partial charge in [-0.2, -0.15) is 0 Å². The molecule has 18 heavy (non-hydrogen) atoms. The molecular formula is C12H22O6. The van der Waals surface area contributed by atoms with Crippen LogP contribution in [0.1, 0.15) is 0 Å². The molecular weight excluding hydrogens is 240 g/mol. The Morgan fingerprint density at radius 2 is 1.17 bits per heavy atom. The molecule has 0 spiro atoms. The average molecular weight is 262 g/mol. The summed E-state index contributed by atoms with van der Waals surface area (Å²) in [6.07, 6.45) is -1.49. The lowest BCUT2D eigenvalue weighted by Crippen LogP contribution is -2.50. The monoisotopic (exact) mass is 262 g/mol. The van der Waals surface area contributed by atoms with Gasteiger partial charge in [-0.05, 0) is 0 Å². The number of hydrogen-bond donors (Lipinski definition) is 4. The molecule has 0 unspecified atom stereocenters. The average Bonchev–Trinajstić information content (AvgIpc) is 2.40. The molecule has 106 valence electrons. The first kappa shape index (κ1) is 17.2. The van der Waals surface area contributed by atoms with Gasteiger partial charge in [0.2, 0.25) is 0 Å². The van der Waals surface area contributed by atoms with Crippen molar-refractivity contribution in [2.24, 2.45) is 0 Å². The van der Waals surface area contributed by atoms with Gasteiger partial charge in [0, 0.05) is 0 Å². The molecule has 0 saturated carbocycles. The molecule has 0 aliphatic carbocycles. The Morgan fingerprint density at radius 1 is 0.833 bits per heavy atom. The maximum Gasteiger partial charge on any atom is 0.115 e. The van der Waals surface area contributed by atoms with Crippen molar-refractivity contribution in [3.8, 4) is 0 Å². The maximum atomic E-state index is 9.65. The van der Waals surface area contributed by atoms with Gasteiger partial charge >= 0.3 is 0 Å². The lowest BCUT2D eigenvalue weighted by atomic mass is 10.0. The molecule has 0 bridgehead atoms. The molecule has 0 amide bonds. The highest BCUT2D eigenvalue weighted by molar-refractivity contribution is 4.85. The zero-order valence-corrected chi connectivity index (χ0v) is 10.3. The highest BCUT2D eigenvalue weighted by Crippen LogP contribution is 2.14. The smallest absolute Gasteiger partial charge is 0.115 e. The van der Waals surface area contributed by atoms with Crippen LogP contribution < -0.4 is 0 Å². The molecule has 0 aromatic carbocycles. The minimum absolute atomic E-state index is 0.119. The fourth-order valence-corrected chi connectivity index (χ4v) is 1.42. The van der Waals surface area contributed by atoms with Gasteiger partial charge in [-0.1, -0.05) is 12.2 Å². The van der Waals surface area contributed by atoms with Gasteiger partial charge in [0.1, 0.15) is 24.4 Å². The number of ether oxygens (including phenoxy) is 2. The Kier molecular flexibility index (Phi) is 9.76. The van der Waals surface area contributed by atoms with Crippen LogP contribution in [0.15, 0.2) is 25.3 Å². The third-order valence-electron chi connectivity index (χ3n) is 2.27. The summed E-state index contributed by atoms with van der Waals surface area (Å²) in [7, 11) is 0. The lowest BCUT2D eigenvalue weighted by molar-refractivity contribution is -0.161. The van der Waals surface area contributed by atoms with Gasteiger partial charge in [-0.25, -0.2) is 0 Å². The van der Waals surface area contributed by atoms with Crippen molar-refractivity contribution in [2.75, 3.05) is 26.4 Å². The SMILES string of the molecule is C=CCO[C@@H]([C@H](OCC=C)[C@H](O)CO)[C@H](O)CO. The van der Waals surface area contributed by atoms with E-state index in [0.717, 1.165) is 0 Å². The van der Waals surface area contributed by atoms with Crippen molar-refractivity contribution in [3.63, 3.8) is 0 Å². The van der Waals surface area contributed by atoms with Crippen LogP contribution in [0.4, 0.5) is 0 Å². The van der Waals surface area contributed by atoms with Crippen LogP contribution in [-0.2, 0) is 9.47 Å². The van der Waals surface area contributed by atoms with Gasteiger partial charge < -0.3 is 29.9 Å². The third kappa shape index (κ3) is 5.72. The molecule has 0 aliphatic heterocycles. The van der Waals surface area contributed by atoms with Gasteiger partial charge in [0.25, 0.3) is 0 Å². The molecule has 6 heteroatoms. The number of hydrogen-bond acceptors (Lipinski definition) is 6. The number of rotatable bonds is 11. The van der Waals surface area contributed by atoms with Crippen LogP contribution in [-0.4, -0.2) is 71.3 Å². The van der Waals surface area contributed by atoms with Crippen molar-refractivity contribution in [1.29, 1.82) is 0 Å². The molecule has 0 radical (unpaired) electrons. The van der Waals surface area contributed by atoms with Crippen molar-refractivity contribution in [3.05, 3.63) is 25.3 Å². The molecule has 4 atom stereocenters. The highest BCUT2D eigenvalue weighted by Gasteiger charge is 2.34. The minimum atomic E-state index is -1.24. The van der Waals surface area contributed by atoms with Crippen molar-refractivity contribution in [1.82, 2.24) is 0 Å². The van der Waals surface area contributed by atoms with E-state index in [0.29, 0.717) is 0 Å². The molecule has 0 fully saturated rings. The summed E-state index contributed by atoms with van der Waals surface area (Å²) in [5.41, 5.74) is 0. The zero-order valence-electron chi connectivity index (χ0n) is 10.3. The summed E-state index contributed by atoms with van der Waals surface area (Å²) < 4.78 is 10.5. The summed E-state index contributed by atoms with van der Waals surface area (Å²) in [6, 6.07) is 0. The van der Waals surface area contributed by atoms with E-state index >= 15 is 0 Å². The zero-order chi connectivity index (χ0) is 14.0. The summed E-state index contributed by atoms with van der Waals surface area (Å²) in [4.78, 5) is 0. The predicted molar refractivity (Wildman–Crippen MR) is 66.1 cm³/mol. The molecule has 0 rings (SSSR count). The van der Waals surface area contributed by atoms with E-state index in [-0.39, 0.29) is 13.2 Å². The van der Waals surface area contributed by atoms with E-state index in [1.165, 1.54) is 12.2 Å². The first-order chi connectivity index (χ1) is 8.62. The minimum Gasteiger partial charge on any atom is -0.394 e. The van der Waals surface area contributed by atoms with E-state index < -0.39 is 37.6 Å². The Balaban J connectivity index is 4.79. The van der Waals surface area contributed by atoms with Crippen LogP contribution in [0.2, 0.25) is 0 Å². The van der Waals surface area contributed by atoms with E-state index in [2.05, 4.69) is 13.2 Å². The predicted octanol–water partition coefficient (Wildman–Crippen LogP) is -1.16. The fourth-order valence-electron chi connectivity index (χ4n) is 1.42. The van der Waals surface area contributed by atoms with Gasteiger partial charge in [0.15, 0.2) is 0 Å². The molecule has 0 aromatic rings. The highest BCUT2D eigenvalue weighted by atomic mass is 16.6. The first-order valence-corrected chi connectivity index (χ1v) is 5.65. The van der Waals surface area contributed by atoms with Crippen LogP contribution in [0.5, 0.6) is 0 Å². The Hall–Kier alpha value is -0.760. The molecule has 4 N–H and O–H groups in total. The normalized spacial score (nSPS) is 17.8. The lowest BCUT2D eigenvalue weighted by Gasteiger charge is -2.32. The second kappa shape index (κ2) is 10.2. The Morgan fingerprint density at radius 3 is 1.39 bits per heavy atom. The first-order valence-electron chi connectivity index (χ1n) is 5.65. The second-order valence-electron chi connectivity index (χ2n) is 3.67. The number of aliphatic hydroxyl groups is 4. The third-order valence-corrected chi connectivity index (χ3v) is 2.27. The summed E-state index contributed by atoms with van der Waals surface area (Å²) in [6.45, 7) is 6.07. The molecule has 0 aromatic heterocycles. The van der Waals surface area contributed by atoms with Crippen LogP contribution in [0.3, 0.4) is 0 Å². The Bertz CT molecular complexity index is 209. The van der Waals surface area contributed by atoms with E-state index in [1.807, 2.05) is 0 Å². The van der Waals surface area contributed by atoms with Crippen LogP contribution >= 0.6 is 0 Å². The second-order valence-corrected chi connectivity index (χ2v) is 3.67. The maximum absolute atomic E-state index is 9.65. The quantitative estimate of drug-likeness (QED) is 0.350. The van der Waals surface area contributed by atoms with Crippen molar-refractivity contribution < 1.29 is 29.9 Å². The largest absolute Gasteiger partial charge is 0.394 e. The summed E-state index contributed by atoms with van der Waals surface area (Å²) in [5, 5.41) is 37.2. The van der Waals surface area contributed by atoms with E-state index in [1.54, 1.807) is 0 Å². The van der Waals surface area contributed by atoms with Gasteiger partial charge in [-0.3, -0.25) is 0 Å². The van der Waals surface area contributed by atoms with E-state index in [9.17, 15) is 10.2 Å². The summed E-state index contributed by atoms with van der Waals surface area (Å²) in [5.74, 6) is 0. The van der Waals surface area contributed by atoms with Gasteiger partial charge in [0.05, 0.1) is 26.4 Å². The summed E-state index contributed by atoms with van der Waals surface area (Å²) >= 11 is 0. The fraction of sp³-hybridized carbons (Fsp3) is 0.667. The standard InChI is InChI=1S/C12H22O6/c1-3-5-17-11(9(15)7-13)12(10(16)8-14)18-6-4-2/h3-4,9-16H,1-2,5-8H2/t9-,10-,11-,12-/m1/s1. The molecule has 6 nitrogen and oxygen atoms in total. The molecule has 0 heterocycles. The van der Waals surface area contributed by atoms with Gasteiger partial charge in [-0.15, -0.1) is 13.2 Å². The van der Waals surface area contributed by atoms with Crippen LogP contribution in [0.25, 0.3) is 0 Å². The molecule has 0 saturated heterocycles. The Labute approximate surface area is 107 Å². The van der Waals surface area contributed by atoms with Crippen molar-refractivity contribution in [2.45, 2.75) is 24.4 Å². The van der Waals surface area contributed by atoms with Crippen molar-refractivity contribution >= 4 is 0 Å². The number of aliphatic hydroxyl groups excluding tert-OH is 4.